The van der Waals surface area contributed by atoms with Crippen LogP contribution in [0.1, 0.15) is 51.2 Å². The van der Waals surface area contributed by atoms with Crippen LogP contribution in [0.15, 0.2) is 24.3 Å². The van der Waals surface area contributed by atoms with E-state index in [0.29, 0.717) is 18.9 Å². The number of nitrogens with one attached hydrogen (secondary N) is 1. The van der Waals surface area contributed by atoms with Crippen LogP contribution in [0.2, 0.25) is 0 Å². The van der Waals surface area contributed by atoms with E-state index in [1.807, 2.05) is 14.1 Å². The highest BCUT2D eigenvalue weighted by Crippen LogP contribution is 2.28. The Morgan fingerprint density at radius 2 is 1.73 bits per heavy atom. The smallest absolute Gasteiger partial charge is 0.220 e. The molecule has 1 rings (SSSR count). The van der Waals surface area contributed by atoms with Crippen LogP contribution in [0.25, 0.3) is 0 Å². The van der Waals surface area contributed by atoms with Gasteiger partial charge >= 0.3 is 0 Å². The Morgan fingerprint density at radius 1 is 1.18 bits per heavy atom. The Balaban J connectivity index is 2.68. The van der Waals surface area contributed by atoms with Crippen LogP contribution in [0.5, 0.6) is 0 Å². The molecule has 1 aromatic carbocycles. The van der Waals surface area contributed by atoms with Gasteiger partial charge in [-0.25, -0.2) is 0 Å². The van der Waals surface area contributed by atoms with E-state index >= 15 is 0 Å². The van der Waals surface area contributed by atoms with Crippen molar-refractivity contribution in [2.24, 2.45) is 5.92 Å². The molecule has 0 saturated carbocycles. The molecule has 0 aliphatic rings. The number of hydrogen-bond donors (Lipinski definition) is 1. The monoisotopic (exact) mass is 304 g/mol. The third kappa shape index (κ3) is 5.45. The highest BCUT2D eigenvalue weighted by atomic mass is 16.1. The molecule has 0 heterocycles. The first kappa shape index (κ1) is 18.7. The molecule has 3 nitrogen and oxygen atoms in total. The van der Waals surface area contributed by atoms with Crippen molar-refractivity contribution in [3.05, 3.63) is 35.4 Å². The summed E-state index contributed by atoms with van der Waals surface area (Å²) in [6.07, 6.45) is 0.546. The molecule has 1 unspecified atom stereocenters. The molecular formula is C19H32N2O. The average molecular weight is 304 g/mol. The van der Waals surface area contributed by atoms with Gasteiger partial charge in [-0.3, -0.25) is 4.79 Å². The van der Waals surface area contributed by atoms with Crippen LogP contribution < -0.4 is 5.32 Å². The molecule has 0 saturated heterocycles. The van der Waals surface area contributed by atoms with Gasteiger partial charge in [0, 0.05) is 18.5 Å². The maximum atomic E-state index is 12.3. The van der Waals surface area contributed by atoms with Crippen molar-refractivity contribution in [1.82, 2.24) is 10.2 Å². The highest BCUT2D eigenvalue weighted by Gasteiger charge is 2.23. The lowest BCUT2D eigenvalue weighted by molar-refractivity contribution is -0.122. The fourth-order valence-electron chi connectivity index (χ4n) is 2.30. The van der Waals surface area contributed by atoms with E-state index in [9.17, 15) is 4.79 Å². The van der Waals surface area contributed by atoms with Gasteiger partial charge in [-0.05, 0) is 52.3 Å². The lowest BCUT2D eigenvalue weighted by Gasteiger charge is -2.33. The van der Waals surface area contributed by atoms with Gasteiger partial charge in [-0.2, -0.15) is 0 Å². The van der Waals surface area contributed by atoms with Crippen LogP contribution in [0.3, 0.4) is 0 Å². The topological polar surface area (TPSA) is 32.3 Å². The first-order valence-corrected chi connectivity index (χ1v) is 8.14. The second kappa shape index (κ2) is 7.77. The van der Waals surface area contributed by atoms with Gasteiger partial charge in [-0.15, -0.1) is 0 Å². The Morgan fingerprint density at radius 3 is 2.18 bits per heavy atom. The number of hydrogen-bond acceptors (Lipinski definition) is 2. The zero-order valence-electron chi connectivity index (χ0n) is 15.2. The van der Waals surface area contributed by atoms with Gasteiger partial charge in [0.15, 0.2) is 0 Å². The lowest BCUT2D eigenvalue weighted by Crippen LogP contribution is -2.48. The fourth-order valence-corrected chi connectivity index (χ4v) is 2.30. The van der Waals surface area contributed by atoms with Gasteiger partial charge in [0.05, 0.1) is 0 Å². The predicted molar refractivity (Wildman–Crippen MR) is 94.2 cm³/mol. The summed E-state index contributed by atoms with van der Waals surface area (Å²) < 4.78 is 0. The van der Waals surface area contributed by atoms with E-state index in [0.717, 1.165) is 0 Å². The van der Waals surface area contributed by atoms with E-state index < -0.39 is 0 Å². The molecule has 22 heavy (non-hydrogen) atoms. The fraction of sp³-hybridized carbons (Fsp3) is 0.632. The van der Waals surface area contributed by atoms with Crippen LogP contribution in [0.4, 0.5) is 0 Å². The average Bonchev–Trinajstić information content (AvgIpc) is 2.43. The molecule has 0 radical (unpaired) electrons. The van der Waals surface area contributed by atoms with Crippen molar-refractivity contribution in [2.75, 3.05) is 20.6 Å². The largest absolute Gasteiger partial charge is 0.354 e. The molecule has 1 aromatic rings. The molecule has 0 aliphatic carbocycles. The predicted octanol–water partition coefficient (Wildman–Crippen LogP) is 3.58. The van der Waals surface area contributed by atoms with Crippen molar-refractivity contribution >= 4 is 5.91 Å². The van der Waals surface area contributed by atoms with Crippen molar-refractivity contribution < 1.29 is 4.79 Å². The molecule has 124 valence electrons. The summed E-state index contributed by atoms with van der Waals surface area (Å²) in [4.78, 5) is 14.5. The summed E-state index contributed by atoms with van der Waals surface area (Å²) in [5, 5.41) is 3.09. The van der Waals surface area contributed by atoms with E-state index in [2.05, 4.69) is 69.1 Å². The Kier molecular flexibility index (Phi) is 6.61. The van der Waals surface area contributed by atoms with Gasteiger partial charge in [-0.1, -0.05) is 43.7 Å². The molecule has 0 spiro atoms. The molecule has 0 aliphatic heterocycles. The Hall–Kier alpha value is -1.35. The van der Waals surface area contributed by atoms with Crippen molar-refractivity contribution in [1.29, 1.82) is 0 Å². The summed E-state index contributed by atoms with van der Waals surface area (Å²) in [6.45, 7) is 11.4. The van der Waals surface area contributed by atoms with Crippen molar-refractivity contribution in [3.63, 3.8) is 0 Å². The molecule has 1 N–H and O–H groups in total. The molecule has 3 heteroatoms. The zero-order chi connectivity index (χ0) is 16.9. The van der Waals surface area contributed by atoms with Gasteiger partial charge in [0.25, 0.3) is 0 Å². The maximum absolute atomic E-state index is 12.3. The summed E-state index contributed by atoms with van der Waals surface area (Å²) in [7, 11) is 4.07. The molecule has 1 amide bonds. The molecule has 0 aromatic heterocycles. The summed E-state index contributed by atoms with van der Waals surface area (Å²) in [5.74, 6) is 0.840. The van der Waals surface area contributed by atoms with E-state index in [1.165, 1.54) is 11.1 Å². The minimum atomic E-state index is -0.0349. The first-order valence-electron chi connectivity index (χ1n) is 8.14. The summed E-state index contributed by atoms with van der Waals surface area (Å²) in [6, 6.07) is 8.55. The molecule has 1 atom stereocenters. The number of benzene rings is 1. The third-order valence-corrected chi connectivity index (χ3v) is 4.64. The minimum absolute atomic E-state index is 0.0349. The summed E-state index contributed by atoms with van der Waals surface area (Å²) in [5.41, 5.74) is 2.47. The number of likely N-dealkylation sites (N-methyl/N-ethyl adjacent to an activating group) is 1. The van der Waals surface area contributed by atoms with Gasteiger partial charge in [0.2, 0.25) is 5.91 Å². The van der Waals surface area contributed by atoms with Gasteiger partial charge < -0.3 is 10.2 Å². The van der Waals surface area contributed by atoms with Crippen LogP contribution in [0, 0.1) is 12.8 Å². The number of amides is 1. The zero-order valence-corrected chi connectivity index (χ0v) is 15.2. The SMILES string of the molecule is Cc1ccc(C(CC(=O)NCC(C)(C)N(C)C)C(C)C)cc1. The number of carbonyl (C=O) groups is 1. The van der Waals surface area contributed by atoms with Gasteiger partial charge in [0.1, 0.15) is 0 Å². The normalized spacial score (nSPS) is 13.5. The second-order valence-electron chi connectivity index (χ2n) is 7.45. The van der Waals surface area contributed by atoms with Crippen molar-refractivity contribution in [3.8, 4) is 0 Å². The van der Waals surface area contributed by atoms with Crippen molar-refractivity contribution in [2.45, 2.75) is 52.5 Å². The maximum Gasteiger partial charge on any atom is 0.220 e. The standard InChI is InChI=1S/C19H32N2O/c1-14(2)17(16-10-8-15(3)9-11-16)12-18(22)20-13-19(4,5)21(6)7/h8-11,14,17H,12-13H2,1-7H3,(H,20,22). The molecule has 0 fully saturated rings. The number of rotatable bonds is 7. The third-order valence-electron chi connectivity index (χ3n) is 4.64. The van der Waals surface area contributed by atoms with Crippen LogP contribution in [-0.4, -0.2) is 37.0 Å². The van der Waals surface area contributed by atoms with Crippen LogP contribution in [-0.2, 0) is 4.79 Å². The second-order valence-corrected chi connectivity index (χ2v) is 7.45. The van der Waals surface area contributed by atoms with E-state index in [-0.39, 0.29) is 17.4 Å². The summed E-state index contributed by atoms with van der Waals surface area (Å²) >= 11 is 0. The number of carbonyl (C=O) groups excluding carboxylic acids is 1. The number of nitrogens with zero attached hydrogens (tertiary/aromatic N) is 1. The molecular weight excluding hydrogens is 272 g/mol. The quantitative estimate of drug-likeness (QED) is 0.835. The highest BCUT2D eigenvalue weighted by molar-refractivity contribution is 5.77. The van der Waals surface area contributed by atoms with Crippen LogP contribution >= 0.6 is 0 Å². The Labute approximate surface area is 136 Å². The molecule has 0 bridgehead atoms. The first-order chi connectivity index (χ1) is 10.1. The number of aryl methyl sites for hydroxylation is 1. The minimum Gasteiger partial charge on any atom is -0.354 e. The van der Waals surface area contributed by atoms with E-state index in [4.69, 9.17) is 0 Å². The van der Waals surface area contributed by atoms with E-state index in [1.54, 1.807) is 0 Å². The lowest BCUT2D eigenvalue weighted by atomic mass is 9.85. The Bertz CT molecular complexity index is 475.